The van der Waals surface area contributed by atoms with Gasteiger partial charge >= 0.3 is 0 Å². The molecular weight excluding hydrogens is 252 g/mol. The molecule has 0 N–H and O–H groups in total. The van der Waals surface area contributed by atoms with Crippen molar-refractivity contribution in [3.63, 3.8) is 0 Å². The van der Waals surface area contributed by atoms with E-state index >= 15 is 0 Å². The van der Waals surface area contributed by atoms with Crippen LogP contribution in [0, 0.1) is 23.2 Å². The number of hydrogen-bond acceptors (Lipinski definition) is 0. The molecule has 4 rings (SSSR count). The van der Waals surface area contributed by atoms with E-state index in [1.165, 1.54) is 44.9 Å². The highest BCUT2D eigenvalue weighted by Gasteiger charge is 2.48. The second-order valence-corrected chi connectivity index (χ2v) is 7.89. The first kappa shape index (κ1) is 13.6. The molecule has 1 saturated carbocycles. The maximum Gasteiger partial charge on any atom is -0.00674 e. The molecule has 0 bridgehead atoms. The maximum atomic E-state index is 2.54. The molecule has 0 aliphatic heterocycles. The van der Waals surface area contributed by atoms with Crippen LogP contribution in [0.3, 0.4) is 0 Å². The predicted molar refractivity (Wildman–Crippen MR) is 90.0 cm³/mol. The molecule has 0 aromatic rings. The third-order valence-electron chi connectivity index (χ3n) is 6.83. The van der Waals surface area contributed by atoms with E-state index in [1.807, 2.05) is 5.57 Å². The molecular formula is C21H28. The molecule has 1 fully saturated rings. The zero-order chi connectivity index (χ0) is 14.4. The number of allylic oxidation sites excluding steroid dienone is 8. The van der Waals surface area contributed by atoms with E-state index in [1.54, 1.807) is 11.1 Å². The minimum atomic E-state index is 0.528. The molecule has 0 unspecified atom stereocenters. The first-order chi connectivity index (χ1) is 10.2. The summed E-state index contributed by atoms with van der Waals surface area (Å²) in [4.78, 5) is 0. The van der Waals surface area contributed by atoms with Gasteiger partial charge in [0.25, 0.3) is 0 Å². The Bertz CT molecular complexity index is 557. The molecule has 4 aliphatic carbocycles. The number of hydrogen-bond donors (Lipinski definition) is 0. The van der Waals surface area contributed by atoms with Crippen molar-refractivity contribution in [3.8, 4) is 0 Å². The largest absolute Gasteiger partial charge is 0.0877 e. The van der Waals surface area contributed by atoms with Crippen LogP contribution in [0.2, 0.25) is 0 Å². The van der Waals surface area contributed by atoms with Crippen LogP contribution in [0.4, 0.5) is 0 Å². The van der Waals surface area contributed by atoms with Crippen molar-refractivity contribution in [3.05, 3.63) is 47.1 Å². The summed E-state index contributed by atoms with van der Waals surface area (Å²) in [7, 11) is 0. The molecule has 0 spiro atoms. The second-order valence-electron chi connectivity index (χ2n) is 7.89. The van der Waals surface area contributed by atoms with E-state index in [0.29, 0.717) is 5.41 Å². The third kappa shape index (κ3) is 2.10. The molecule has 0 aromatic carbocycles. The summed E-state index contributed by atoms with van der Waals surface area (Å²) in [6.07, 6.45) is 21.5. The van der Waals surface area contributed by atoms with Gasteiger partial charge in [0, 0.05) is 0 Å². The average molecular weight is 280 g/mol. The lowest BCUT2D eigenvalue weighted by Gasteiger charge is -2.50. The second kappa shape index (κ2) is 5.00. The van der Waals surface area contributed by atoms with Gasteiger partial charge in [0.1, 0.15) is 0 Å². The molecule has 0 heteroatoms. The summed E-state index contributed by atoms with van der Waals surface area (Å²) in [6.45, 7) is 4.66. The van der Waals surface area contributed by atoms with Crippen LogP contribution in [0.5, 0.6) is 0 Å². The molecule has 0 heterocycles. The van der Waals surface area contributed by atoms with E-state index < -0.39 is 0 Å². The molecule has 0 nitrogen and oxygen atoms in total. The normalized spacial score (nSPS) is 41.8. The molecule has 0 saturated heterocycles. The van der Waals surface area contributed by atoms with Crippen LogP contribution < -0.4 is 0 Å². The minimum absolute atomic E-state index is 0.528. The first-order valence-corrected chi connectivity index (χ1v) is 8.91. The van der Waals surface area contributed by atoms with Gasteiger partial charge in [-0.15, -0.1) is 0 Å². The summed E-state index contributed by atoms with van der Waals surface area (Å²) >= 11 is 0. The van der Waals surface area contributed by atoms with Crippen molar-refractivity contribution in [1.82, 2.24) is 0 Å². The zero-order valence-electron chi connectivity index (χ0n) is 13.6. The molecule has 0 amide bonds. The maximum absolute atomic E-state index is 2.54. The van der Waals surface area contributed by atoms with Gasteiger partial charge in [0.2, 0.25) is 0 Å². The predicted octanol–water partition coefficient (Wildman–Crippen LogP) is 5.98. The average Bonchev–Trinajstić information content (AvgIpc) is 2.89. The van der Waals surface area contributed by atoms with Gasteiger partial charge in [0.15, 0.2) is 0 Å². The van der Waals surface area contributed by atoms with Crippen molar-refractivity contribution in [1.29, 1.82) is 0 Å². The lowest BCUT2D eigenvalue weighted by Crippen LogP contribution is -2.41. The topological polar surface area (TPSA) is 0 Å². The van der Waals surface area contributed by atoms with Gasteiger partial charge in [-0.2, -0.15) is 0 Å². The molecule has 0 aromatic heterocycles. The third-order valence-corrected chi connectivity index (χ3v) is 6.83. The van der Waals surface area contributed by atoms with Gasteiger partial charge in [0.05, 0.1) is 0 Å². The Morgan fingerprint density at radius 2 is 2.19 bits per heavy atom. The van der Waals surface area contributed by atoms with E-state index in [9.17, 15) is 0 Å². The SMILES string of the molecule is CC=CC1=CCC2=C(CC[C@@H]3[C@@H]2CC[C@]2(C)C=CC[C@@H]32)C1. The van der Waals surface area contributed by atoms with Crippen LogP contribution in [0.15, 0.2) is 47.1 Å². The van der Waals surface area contributed by atoms with E-state index in [2.05, 4.69) is 44.2 Å². The summed E-state index contributed by atoms with van der Waals surface area (Å²) in [5.41, 5.74) is 5.74. The van der Waals surface area contributed by atoms with Crippen molar-refractivity contribution in [2.24, 2.45) is 23.2 Å². The highest BCUT2D eigenvalue weighted by Crippen LogP contribution is 2.58. The summed E-state index contributed by atoms with van der Waals surface area (Å²) in [6, 6.07) is 0. The summed E-state index contributed by atoms with van der Waals surface area (Å²) in [5.74, 6) is 2.82. The Morgan fingerprint density at radius 1 is 1.29 bits per heavy atom. The molecule has 21 heavy (non-hydrogen) atoms. The Kier molecular flexibility index (Phi) is 3.24. The van der Waals surface area contributed by atoms with Crippen LogP contribution >= 0.6 is 0 Å². The van der Waals surface area contributed by atoms with Crippen molar-refractivity contribution in [2.75, 3.05) is 0 Å². The monoisotopic (exact) mass is 280 g/mol. The first-order valence-electron chi connectivity index (χ1n) is 8.91. The quantitative estimate of drug-likeness (QED) is 0.518. The fourth-order valence-electron chi connectivity index (χ4n) is 5.77. The van der Waals surface area contributed by atoms with Crippen LogP contribution in [0.1, 0.15) is 58.8 Å². The summed E-state index contributed by atoms with van der Waals surface area (Å²) in [5, 5.41) is 0. The van der Waals surface area contributed by atoms with Gasteiger partial charge in [-0.05, 0) is 80.6 Å². The van der Waals surface area contributed by atoms with Crippen molar-refractivity contribution < 1.29 is 0 Å². The Labute approximate surface area is 129 Å². The molecule has 112 valence electrons. The highest BCUT2D eigenvalue weighted by atomic mass is 14.5. The lowest BCUT2D eigenvalue weighted by molar-refractivity contribution is 0.0634. The smallest absolute Gasteiger partial charge is 0.00674 e. The molecule has 4 atom stereocenters. The Hall–Kier alpha value is -1.04. The van der Waals surface area contributed by atoms with Gasteiger partial charge in [-0.25, -0.2) is 0 Å². The zero-order valence-corrected chi connectivity index (χ0v) is 13.6. The van der Waals surface area contributed by atoms with Crippen molar-refractivity contribution >= 4 is 0 Å². The number of rotatable bonds is 1. The van der Waals surface area contributed by atoms with Crippen LogP contribution in [-0.2, 0) is 0 Å². The van der Waals surface area contributed by atoms with E-state index in [4.69, 9.17) is 0 Å². The van der Waals surface area contributed by atoms with Gasteiger partial charge < -0.3 is 0 Å². The van der Waals surface area contributed by atoms with Crippen molar-refractivity contribution in [2.45, 2.75) is 58.8 Å². The van der Waals surface area contributed by atoms with Crippen LogP contribution in [0.25, 0.3) is 0 Å². The molecule has 4 aliphatic rings. The lowest BCUT2D eigenvalue weighted by atomic mass is 9.54. The van der Waals surface area contributed by atoms with Crippen LogP contribution in [-0.4, -0.2) is 0 Å². The number of fused-ring (bicyclic) bond motifs is 4. The van der Waals surface area contributed by atoms with Gasteiger partial charge in [-0.1, -0.05) is 48.5 Å². The fourth-order valence-corrected chi connectivity index (χ4v) is 5.77. The minimum Gasteiger partial charge on any atom is -0.0877 e. The summed E-state index contributed by atoms with van der Waals surface area (Å²) < 4.78 is 0. The standard InChI is InChI=1S/C21H28/c1-3-5-15-7-9-17-16(14-15)8-10-19-18(17)11-13-21(2)12-4-6-20(19)21/h3-5,7,12,18-20H,6,8-11,13-14H2,1-2H3/t18-,19-,20+,21+/m1/s1. The fraction of sp³-hybridized carbons (Fsp3) is 0.619. The van der Waals surface area contributed by atoms with Gasteiger partial charge in [-0.3, -0.25) is 0 Å². The Balaban J connectivity index is 1.59. The Morgan fingerprint density at radius 3 is 3.05 bits per heavy atom. The van der Waals surface area contributed by atoms with E-state index in [-0.39, 0.29) is 0 Å². The molecule has 0 radical (unpaired) electrons. The van der Waals surface area contributed by atoms with E-state index in [0.717, 1.165) is 17.8 Å². The highest BCUT2D eigenvalue weighted by molar-refractivity contribution is 5.38.